The van der Waals surface area contributed by atoms with Crippen molar-refractivity contribution in [2.45, 2.75) is 13.1 Å². The molecular formula is C16H12Cl2F3NO2. The minimum atomic E-state index is -4.64. The Kier molecular flexibility index (Phi) is 5.62. The lowest BCUT2D eigenvalue weighted by Crippen LogP contribution is -2.22. The summed E-state index contributed by atoms with van der Waals surface area (Å²) in [4.78, 5) is 11.9. The largest absolute Gasteiger partial charge is 0.482 e. The molecule has 2 rings (SSSR count). The van der Waals surface area contributed by atoms with E-state index in [1.165, 1.54) is 6.07 Å². The molecule has 128 valence electrons. The highest BCUT2D eigenvalue weighted by Crippen LogP contribution is 2.36. The van der Waals surface area contributed by atoms with Crippen molar-refractivity contribution in [2.24, 2.45) is 0 Å². The van der Waals surface area contributed by atoms with Gasteiger partial charge in [0.2, 0.25) is 0 Å². The number of carbonyl (C=O) groups excluding carboxylic acids is 1. The first-order valence-electron chi connectivity index (χ1n) is 6.72. The molecule has 0 aliphatic rings. The van der Waals surface area contributed by atoms with E-state index in [1.54, 1.807) is 18.2 Å². The van der Waals surface area contributed by atoms with Crippen LogP contribution in [-0.2, 0) is 11.0 Å². The molecule has 0 fully saturated rings. The molecule has 8 heteroatoms. The van der Waals surface area contributed by atoms with E-state index in [0.29, 0.717) is 5.02 Å². The van der Waals surface area contributed by atoms with Crippen LogP contribution in [0.5, 0.6) is 5.75 Å². The lowest BCUT2D eigenvalue weighted by Gasteiger charge is -2.14. The molecule has 24 heavy (non-hydrogen) atoms. The minimum absolute atomic E-state index is 0.0804. The molecule has 0 aromatic heterocycles. The lowest BCUT2D eigenvalue weighted by molar-refractivity contribution is -0.137. The zero-order valence-corrected chi connectivity index (χ0v) is 13.9. The molecule has 0 heterocycles. The molecule has 1 N–H and O–H groups in total. The van der Waals surface area contributed by atoms with E-state index in [-0.39, 0.29) is 10.8 Å². The SMILES string of the molecule is Cc1ccc(Cl)c(OCC(=O)Nc2ccc(Cl)cc2C(F)(F)F)c1. The maximum absolute atomic E-state index is 13.0. The summed E-state index contributed by atoms with van der Waals surface area (Å²) in [5.41, 5.74) is -0.556. The fraction of sp³-hybridized carbons (Fsp3) is 0.188. The molecule has 0 unspecified atom stereocenters. The Labute approximate surface area is 146 Å². The summed E-state index contributed by atoms with van der Waals surface area (Å²) < 4.78 is 44.2. The van der Waals surface area contributed by atoms with Crippen molar-refractivity contribution in [3.63, 3.8) is 0 Å². The molecule has 2 aromatic carbocycles. The number of ether oxygens (including phenoxy) is 1. The monoisotopic (exact) mass is 377 g/mol. The fourth-order valence-electron chi connectivity index (χ4n) is 1.91. The quantitative estimate of drug-likeness (QED) is 0.780. The topological polar surface area (TPSA) is 38.3 Å². The number of amides is 1. The van der Waals surface area contributed by atoms with Crippen molar-refractivity contribution >= 4 is 34.8 Å². The third kappa shape index (κ3) is 4.79. The smallest absolute Gasteiger partial charge is 0.418 e. The van der Waals surface area contributed by atoms with Crippen molar-refractivity contribution in [1.29, 1.82) is 0 Å². The number of nitrogens with one attached hydrogen (secondary N) is 1. The summed E-state index contributed by atoms with van der Waals surface area (Å²) in [6.07, 6.45) is -4.64. The van der Waals surface area contributed by atoms with Crippen LogP contribution >= 0.6 is 23.2 Å². The zero-order chi connectivity index (χ0) is 17.9. The van der Waals surface area contributed by atoms with E-state index in [9.17, 15) is 18.0 Å². The minimum Gasteiger partial charge on any atom is -0.482 e. The first kappa shape index (κ1) is 18.4. The zero-order valence-electron chi connectivity index (χ0n) is 12.4. The van der Waals surface area contributed by atoms with E-state index in [4.69, 9.17) is 27.9 Å². The third-order valence-corrected chi connectivity index (χ3v) is 3.55. The van der Waals surface area contributed by atoms with E-state index in [2.05, 4.69) is 5.32 Å². The van der Waals surface area contributed by atoms with Crippen LogP contribution in [0, 0.1) is 6.92 Å². The van der Waals surface area contributed by atoms with Crippen molar-refractivity contribution in [2.75, 3.05) is 11.9 Å². The predicted molar refractivity (Wildman–Crippen MR) is 86.8 cm³/mol. The van der Waals surface area contributed by atoms with Crippen LogP contribution in [0.25, 0.3) is 0 Å². The fourth-order valence-corrected chi connectivity index (χ4v) is 2.25. The maximum atomic E-state index is 13.0. The van der Waals surface area contributed by atoms with Gasteiger partial charge in [-0.15, -0.1) is 0 Å². The van der Waals surface area contributed by atoms with Crippen LogP contribution in [0.1, 0.15) is 11.1 Å². The highest BCUT2D eigenvalue weighted by Gasteiger charge is 2.34. The second-order valence-corrected chi connectivity index (χ2v) is 5.80. The average molecular weight is 378 g/mol. The van der Waals surface area contributed by atoms with Gasteiger partial charge in [-0.2, -0.15) is 13.2 Å². The first-order valence-corrected chi connectivity index (χ1v) is 7.48. The summed E-state index contributed by atoms with van der Waals surface area (Å²) in [7, 11) is 0. The van der Waals surface area contributed by atoms with Crippen LogP contribution in [0.15, 0.2) is 36.4 Å². The van der Waals surface area contributed by atoms with Gasteiger partial charge in [0.05, 0.1) is 16.3 Å². The van der Waals surface area contributed by atoms with Gasteiger partial charge in [0.15, 0.2) is 6.61 Å². The van der Waals surface area contributed by atoms with Crippen LogP contribution < -0.4 is 10.1 Å². The Morgan fingerprint density at radius 1 is 1.17 bits per heavy atom. The Hall–Kier alpha value is -1.92. The number of hydrogen-bond acceptors (Lipinski definition) is 2. The van der Waals surface area contributed by atoms with Crippen molar-refractivity contribution in [1.82, 2.24) is 0 Å². The van der Waals surface area contributed by atoms with Crippen LogP contribution in [0.2, 0.25) is 10.0 Å². The number of anilines is 1. The third-order valence-electron chi connectivity index (χ3n) is 3.01. The van der Waals surface area contributed by atoms with Gasteiger partial charge in [-0.25, -0.2) is 0 Å². The molecule has 0 saturated heterocycles. The van der Waals surface area contributed by atoms with E-state index in [1.807, 2.05) is 6.92 Å². The number of alkyl halides is 3. The molecule has 0 spiro atoms. The Morgan fingerprint density at radius 3 is 2.54 bits per heavy atom. The van der Waals surface area contributed by atoms with E-state index >= 15 is 0 Å². The van der Waals surface area contributed by atoms with Gasteiger partial charge in [-0.3, -0.25) is 4.79 Å². The number of carbonyl (C=O) groups is 1. The number of halogens is 5. The maximum Gasteiger partial charge on any atom is 0.418 e. The lowest BCUT2D eigenvalue weighted by atomic mass is 10.1. The van der Waals surface area contributed by atoms with Gasteiger partial charge in [0.1, 0.15) is 5.75 Å². The second kappa shape index (κ2) is 7.32. The van der Waals surface area contributed by atoms with Gasteiger partial charge in [-0.1, -0.05) is 29.3 Å². The summed E-state index contributed by atoms with van der Waals surface area (Å²) in [5, 5.41) is 2.38. The molecule has 0 bridgehead atoms. The molecule has 0 saturated carbocycles. The summed E-state index contributed by atoms with van der Waals surface area (Å²) in [5.74, 6) is -0.473. The van der Waals surface area contributed by atoms with Gasteiger partial charge in [0.25, 0.3) is 5.91 Å². The van der Waals surface area contributed by atoms with Crippen molar-refractivity contribution in [3.05, 3.63) is 57.6 Å². The van der Waals surface area contributed by atoms with Gasteiger partial charge >= 0.3 is 6.18 Å². The van der Waals surface area contributed by atoms with Gasteiger partial charge in [0, 0.05) is 5.02 Å². The highest BCUT2D eigenvalue weighted by molar-refractivity contribution is 6.32. The molecule has 0 radical (unpaired) electrons. The number of rotatable bonds is 4. The molecule has 0 atom stereocenters. The van der Waals surface area contributed by atoms with Gasteiger partial charge < -0.3 is 10.1 Å². The average Bonchev–Trinajstić information content (AvgIpc) is 2.49. The van der Waals surface area contributed by atoms with Crippen LogP contribution in [-0.4, -0.2) is 12.5 Å². The molecular weight excluding hydrogens is 366 g/mol. The van der Waals surface area contributed by atoms with Crippen molar-refractivity contribution in [3.8, 4) is 5.75 Å². The normalized spacial score (nSPS) is 11.2. The van der Waals surface area contributed by atoms with E-state index in [0.717, 1.165) is 17.7 Å². The second-order valence-electron chi connectivity index (χ2n) is 4.96. The highest BCUT2D eigenvalue weighted by atomic mass is 35.5. The number of benzene rings is 2. The predicted octanol–water partition coefficient (Wildman–Crippen LogP) is 5.34. The molecule has 2 aromatic rings. The summed E-state index contributed by atoms with van der Waals surface area (Å²) in [6, 6.07) is 8.07. The summed E-state index contributed by atoms with van der Waals surface area (Å²) in [6.45, 7) is 1.33. The van der Waals surface area contributed by atoms with Crippen LogP contribution in [0.3, 0.4) is 0 Å². The number of aryl methyl sites for hydroxylation is 1. The standard InChI is InChI=1S/C16H12Cl2F3NO2/c1-9-2-4-12(18)14(6-9)24-8-15(23)22-13-5-3-10(17)7-11(13)16(19,20)21/h2-7H,8H2,1H3,(H,22,23). The van der Waals surface area contributed by atoms with E-state index < -0.39 is 29.9 Å². The first-order chi connectivity index (χ1) is 11.2. The molecule has 0 aliphatic carbocycles. The Bertz CT molecular complexity index is 763. The summed E-state index contributed by atoms with van der Waals surface area (Å²) >= 11 is 11.5. The van der Waals surface area contributed by atoms with Gasteiger partial charge in [-0.05, 0) is 42.8 Å². The molecule has 1 amide bonds. The Morgan fingerprint density at radius 2 is 1.88 bits per heavy atom. The number of hydrogen-bond donors (Lipinski definition) is 1. The Balaban J connectivity index is 2.09. The molecule has 0 aliphatic heterocycles. The van der Waals surface area contributed by atoms with Crippen LogP contribution in [0.4, 0.5) is 18.9 Å². The van der Waals surface area contributed by atoms with Crippen molar-refractivity contribution < 1.29 is 22.7 Å². The molecule has 3 nitrogen and oxygen atoms in total.